The van der Waals surface area contributed by atoms with Crippen LogP contribution in [0.2, 0.25) is 5.02 Å². The van der Waals surface area contributed by atoms with Crippen LogP contribution < -0.4 is 10.2 Å². The molecule has 2 heterocycles. The second-order valence-corrected chi connectivity index (χ2v) is 8.41. The van der Waals surface area contributed by atoms with E-state index in [-0.39, 0.29) is 36.7 Å². The van der Waals surface area contributed by atoms with Crippen LogP contribution in [0.3, 0.4) is 0 Å². The van der Waals surface area contributed by atoms with E-state index in [2.05, 4.69) is 11.4 Å². The Morgan fingerprint density at radius 1 is 1.13 bits per heavy atom. The minimum atomic E-state index is -0.368. The monoisotopic (exact) mass is 441 g/mol. The lowest BCUT2D eigenvalue weighted by molar-refractivity contribution is -0.124. The predicted molar refractivity (Wildman–Crippen MR) is 119 cm³/mol. The first-order chi connectivity index (χ1) is 14.5. The maximum atomic E-state index is 12.6. The molecule has 3 amide bonds. The minimum Gasteiger partial charge on any atom is -0.362 e. The summed E-state index contributed by atoms with van der Waals surface area (Å²) in [5, 5.41) is 2.97. The number of nitrogens with zero attached hydrogens (tertiary/aromatic N) is 2. The molecule has 30 heavy (non-hydrogen) atoms. The van der Waals surface area contributed by atoms with E-state index in [1.807, 2.05) is 29.2 Å². The highest BCUT2D eigenvalue weighted by Gasteiger charge is 2.34. The van der Waals surface area contributed by atoms with Crippen molar-refractivity contribution in [1.29, 1.82) is 0 Å². The molecule has 0 aliphatic carbocycles. The third-order valence-corrected chi connectivity index (χ3v) is 6.29. The number of thioether (sulfide) groups is 1. The van der Waals surface area contributed by atoms with Gasteiger partial charge < -0.3 is 10.2 Å². The van der Waals surface area contributed by atoms with E-state index in [1.54, 1.807) is 24.3 Å². The van der Waals surface area contributed by atoms with Gasteiger partial charge in [-0.15, -0.1) is 0 Å². The Morgan fingerprint density at radius 2 is 1.90 bits per heavy atom. The zero-order chi connectivity index (χ0) is 21.1. The summed E-state index contributed by atoms with van der Waals surface area (Å²) in [7, 11) is 0. The quantitative estimate of drug-likeness (QED) is 0.694. The highest BCUT2D eigenvalue weighted by Crippen LogP contribution is 2.33. The zero-order valence-electron chi connectivity index (χ0n) is 16.1. The standard InChI is InChI=1S/C22H20ClN3O3S/c23-17-7-3-1-6-16(17)13-19-21(28)26(22(29)30-19)12-10-24-20(27)14-25-11-9-15-5-2-4-8-18(15)25/h1-8,13H,9-12,14H2,(H,24,27)/b19-13+. The highest BCUT2D eigenvalue weighted by molar-refractivity contribution is 8.18. The molecule has 0 spiro atoms. The summed E-state index contributed by atoms with van der Waals surface area (Å²) in [6.45, 7) is 1.41. The number of carbonyl (C=O) groups excluding carboxylic acids is 3. The molecule has 2 aromatic rings. The lowest BCUT2D eigenvalue weighted by atomic mass is 10.2. The van der Waals surface area contributed by atoms with Crippen LogP contribution in [0.25, 0.3) is 6.08 Å². The largest absolute Gasteiger partial charge is 0.362 e. The summed E-state index contributed by atoms with van der Waals surface area (Å²) >= 11 is 7.01. The van der Waals surface area contributed by atoms with E-state index in [0.717, 1.165) is 35.3 Å². The van der Waals surface area contributed by atoms with E-state index in [1.165, 1.54) is 5.56 Å². The van der Waals surface area contributed by atoms with E-state index < -0.39 is 0 Å². The van der Waals surface area contributed by atoms with E-state index in [4.69, 9.17) is 11.6 Å². The van der Waals surface area contributed by atoms with Crippen LogP contribution in [0, 0.1) is 0 Å². The fourth-order valence-corrected chi connectivity index (χ4v) is 4.58. The Morgan fingerprint density at radius 3 is 2.73 bits per heavy atom. The van der Waals surface area contributed by atoms with Gasteiger partial charge >= 0.3 is 0 Å². The number of carbonyl (C=O) groups is 3. The molecular formula is C22H20ClN3O3S. The van der Waals surface area contributed by atoms with Crippen molar-refractivity contribution in [2.45, 2.75) is 6.42 Å². The maximum Gasteiger partial charge on any atom is 0.293 e. The Balaban J connectivity index is 1.30. The molecule has 0 unspecified atom stereocenters. The predicted octanol–water partition coefficient (Wildman–Crippen LogP) is 3.56. The first-order valence-electron chi connectivity index (χ1n) is 9.62. The molecule has 2 aromatic carbocycles. The van der Waals surface area contributed by atoms with Gasteiger partial charge in [0.25, 0.3) is 11.1 Å². The summed E-state index contributed by atoms with van der Waals surface area (Å²) in [6.07, 6.45) is 2.55. The molecule has 1 saturated heterocycles. The summed E-state index contributed by atoms with van der Waals surface area (Å²) < 4.78 is 0. The first-order valence-corrected chi connectivity index (χ1v) is 10.8. The number of rotatable bonds is 6. The van der Waals surface area contributed by atoms with Gasteiger partial charge in [-0.05, 0) is 47.5 Å². The molecule has 154 valence electrons. The Kier molecular flexibility index (Phi) is 6.11. The lowest BCUT2D eigenvalue weighted by Gasteiger charge is -2.19. The first kappa shape index (κ1) is 20.5. The molecule has 6 nitrogen and oxygen atoms in total. The zero-order valence-corrected chi connectivity index (χ0v) is 17.7. The van der Waals surface area contributed by atoms with Gasteiger partial charge in [0.1, 0.15) is 0 Å². The number of benzene rings is 2. The average Bonchev–Trinajstić information content (AvgIpc) is 3.25. The Labute approximate surface area is 183 Å². The number of fused-ring (bicyclic) bond motifs is 1. The SMILES string of the molecule is O=C(CN1CCc2ccccc21)NCCN1C(=O)S/C(=C/c2ccccc2Cl)C1=O. The average molecular weight is 442 g/mol. The van der Waals surface area contributed by atoms with Crippen molar-refractivity contribution in [3.63, 3.8) is 0 Å². The molecule has 0 atom stereocenters. The molecule has 1 fully saturated rings. The van der Waals surface area contributed by atoms with Gasteiger partial charge in [0, 0.05) is 30.3 Å². The topological polar surface area (TPSA) is 69.7 Å². The number of hydrogen-bond acceptors (Lipinski definition) is 5. The van der Waals surface area contributed by atoms with Crippen LogP contribution >= 0.6 is 23.4 Å². The normalized spacial score (nSPS) is 17.0. The fraction of sp³-hybridized carbons (Fsp3) is 0.227. The number of para-hydroxylation sites is 1. The van der Waals surface area contributed by atoms with Crippen LogP contribution in [0.5, 0.6) is 0 Å². The molecule has 2 aliphatic rings. The van der Waals surface area contributed by atoms with Crippen molar-refractivity contribution in [1.82, 2.24) is 10.2 Å². The van der Waals surface area contributed by atoms with Crippen LogP contribution in [-0.2, 0) is 16.0 Å². The second-order valence-electron chi connectivity index (χ2n) is 7.01. The van der Waals surface area contributed by atoms with Gasteiger partial charge in [-0.25, -0.2) is 0 Å². The van der Waals surface area contributed by atoms with Gasteiger partial charge in [-0.1, -0.05) is 48.0 Å². The molecule has 8 heteroatoms. The fourth-order valence-electron chi connectivity index (χ4n) is 3.53. The summed E-state index contributed by atoms with van der Waals surface area (Å²) in [5.74, 6) is -0.502. The van der Waals surface area contributed by atoms with Crippen molar-refractivity contribution in [2.24, 2.45) is 0 Å². The van der Waals surface area contributed by atoms with E-state index in [9.17, 15) is 14.4 Å². The number of amides is 3. The Hall–Kier alpha value is -2.77. The van der Waals surface area contributed by atoms with Crippen LogP contribution in [0.4, 0.5) is 10.5 Å². The van der Waals surface area contributed by atoms with Gasteiger partial charge in [0.2, 0.25) is 5.91 Å². The third kappa shape index (κ3) is 4.37. The van der Waals surface area contributed by atoms with Gasteiger partial charge in [0.15, 0.2) is 0 Å². The lowest BCUT2D eigenvalue weighted by Crippen LogP contribution is -2.41. The Bertz CT molecular complexity index is 1040. The number of halogens is 1. The highest BCUT2D eigenvalue weighted by atomic mass is 35.5. The molecular weight excluding hydrogens is 422 g/mol. The third-order valence-electron chi connectivity index (χ3n) is 5.04. The molecule has 2 aliphatic heterocycles. The van der Waals surface area contributed by atoms with Gasteiger partial charge in [0.05, 0.1) is 11.4 Å². The number of nitrogens with one attached hydrogen (secondary N) is 1. The van der Waals surface area contributed by atoms with Crippen molar-refractivity contribution in [3.8, 4) is 0 Å². The van der Waals surface area contributed by atoms with Crippen molar-refractivity contribution >= 4 is 52.2 Å². The molecule has 0 bridgehead atoms. The number of anilines is 1. The maximum absolute atomic E-state index is 12.6. The van der Waals surface area contributed by atoms with E-state index in [0.29, 0.717) is 15.5 Å². The molecule has 4 rings (SSSR count). The van der Waals surface area contributed by atoms with E-state index >= 15 is 0 Å². The second kappa shape index (κ2) is 8.93. The molecule has 0 aromatic heterocycles. The van der Waals surface area contributed by atoms with Crippen molar-refractivity contribution < 1.29 is 14.4 Å². The minimum absolute atomic E-state index is 0.132. The number of imide groups is 1. The van der Waals surface area contributed by atoms with Crippen LogP contribution in [0.1, 0.15) is 11.1 Å². The smallest absolute Gasteiger partial charge is 0.293 e. The molecule has 0 saturated carbocycles. The van der Waals surface area contributed by atoms with Crippen LogP contribution in [-0.4, -0.2) is 48.1 Å². The van der Waals surface area contributed by atoms with Crippen LogP contribution in [0.15, 0.2) is 53.4 Å². The summed E-state index contributed by atoms with van der Waals surface area (Å²) in [6, 6.07) is 15.2. The van der Waals surface area contributed by atoms with Gasteiger partial charge in [-0.3, -0.25) is 19.3 Å². The summed E-state index contributed by atoms with van der Waals surface area (Å²) in [5.41, 5.74) is 3.01. The van der Waals surface area contributed by atoms with Crippen molar-refractivity contribution in [2.75, 3.05) is 31.1 Å². The van der Waals surface area contributed by atoms with Crippen molar-refractivity contribution in [3.05, 3.63) is 69.6 Å². The van der Waals surface area contributed by atoms with Gasteiger partial charge in [-0.2, -0.15) is 0 Å². The molecule has 0 radical (unpaired) electrons. The number of hydrogen-bond donors (Lipinski definition) is 1. The summed E-state index contributed by atoms with van der Waals surface area (Å²) in [4.78, 5) is 40.6. The molecule has 1 N–H and O–H groups in total.